The number of hydrogen-bond acceptors (Lipinski definition) is 3. The lowest BCUT2D eigenvalue weighted by Crippen LogP contribution is -2.16. The zero-order valence-corrected chi connectivity index (χ0v) is 10.6. The van der Waals surface area contributed by atoms with Crippen LogP contribution in [0.15, 0.2) is 41.8 Å². The summed E-state index contributed by atoms with van der Waals surface area (Å²) >= 11 is 1.65. The zero-order chi connectivity index (χ0) is 13.0. The van der Waals surface area contributed by atoms with Crippen molar-refractivity contribution >= 4 is 11.3 Å². The highest BCUT2D eigenvalue weighted by atomic mass is 32.1. The number of rotatable bonds is 5. The van der Waals surface area contributed by atoms with Gasteiger partial charge in [0.2, 0.25) is 0 Å². The van der Waals surface area contributed by atoms with Gasteiger partial charge in [-0.15, -0.1) is 11.3 Å². The van der Waals surface area contributed by atoms with Gasteiger partial charge in [0.25, 0.3) is 0 Å². The minimum Gasteiger partial charge on any atom is -0.435 e. The molecule has 1 aromatic heterocycles. The quantitative estimate of drug-likeness (QED) is 0.894. The number of halogens is 2. The maximum Gasteiger partial charge on any atom is 0.387 e. The number of alkyl halides is 2. The van der Waals surface area contributed by atoms with Gasteiger partial charge < -0.3 is 10.1 Å². The Morgan fingerprint density at radius 3 is 2.39 bits per heavy atom. The molecule has 2 rings (SSSR count). The van der Waals surface area contributed by atoms with Crippen LogP contribution in [0, 0.1) is 0 Å². The molecule has 2 aromatic rings. The molecular weight excluding hydrogens is 256 g/mol. The number of nitrogens with one attached hydrogen (secondary N) is 1. The summed E-state index contributed by atoms with van der Waals surface area (Å²) in [6.07, 6.45) is 0. The summed E-state index contributed by atoms with van der Waals surface area (Å²) < 4.78 is 28.4. The second kappa shape index (κ2) is 5.93. The third-order valence-electron chi connectivity index (χ3n) is 2.55. The van der Waals surface area contributed by atoms with Crippen molar-refractivity contribution in [1.82, 2.24) is 5.32 Å². The van der Waals surface area contributed by atoms with Crippen molar-refractivity contribution in [2.24, 2.45) is 0 Å². The molecule has 0 fully saturated rings. The Morgan fingerprint density at radius 1 is 1.17 bits per heavy atom. The summed E-state index contributed by atoms with van der Waals surface area (Å²) in [5.41, 5.74) is 1.02. The van der Waals surface area contributed by atoms with Crippen LogP contribution in [0.5, 0.6) is 5.75 Å². The molecule has 18 heavy (non-hydrogen) atoms. The van der Waals surface area contributed by atoms with Gasteiger partial charge in [0.1, 0.15) is 5.75 Å². The maximum absolute atomic E-state index is 12.0. The molecule has 1 atom stereocenters. The Kier molecular flexibility index (Phi) is 4.28. The molecule has 1 aromatic carbocycles. The van der Waals surface area contributed by atoms with Gasteiger partial charge >= 0.3 is 6.61 Å². The van der Waals surface area contributed by atoms with Crippen LogP contribution in [0.1, 0.15) is 16.5 Å². The summed E-state index contributed by atoms with van der Waals surface area (Å²) in [5, 5.41) is 5.21. The molecule has 1 unspecified atom stereocenters. The molecule has 0 bridgehead atoms. The topological polar surface area (TPSA) is 21.3 Å². The van der Waals surface area contributed by atoms with Crippen LogP contribution in [0.4, 0.5) is 8.78 Å². The summed E-state index contributed by atoms with van der Waals surface area (Å²) in [6, 6.07) is 10.8. The van der Waals surface area contributed by atoms with Crippen molar-refractivity contribution in [2.75, 3.05) is 7.05 Å². The van der Waals surface area contributed by atoms with Crippen LogP contribution in [0.3, 0.4) is 0 Å². The highest BCUT2D eigenvalue weighted by Gasteiger charge is 2.13. The fourth-order valence-electron chi connectivity index (χ4n) is 1.77. The van der Waals surface area contributed by atoms with E-state index in [1.165, 1.54) is 4.88 Å². The number of benzene rings is 1. The van der Waals surface area contributed by atoms with Crippen LogP contribution in [0.2, 0.25) is 0 Å². The van der Waals surface area contributed by atoms with Gasteiger partial charge in [-0.1, -0.05) is 18.2 Å². The Hall–Kier alpha value is -1.46. The molecule has 0 aliphatic heterocycles. The average molecular weight is 269 g/mol. The first-order valence-electron chi connectivity index (χ1n) is 5.46. The zero-order valence-electron chi connectivity index (χ0n) is 9.77. The molecule has 1 N–H and O–H groups in total. The maximum atomic E-state index is 12.0. The lowest BCUT2D eigenvalue weighted by molar-refractivity contribution is -0.0498. The van der Waals surface area contributed by atoms with Crippen LogP contribution < -0.4 is 10.1 Å². The summed E-state index contributed by atoms with van der Waals surface area (Å²) in [5.74, 6) is 0.176. The van der Waals surface area contributed by atoms with Crippen molar-refractivity contribution in [3.63, 3.8) is 0 Å². The van der Waals surface area contributed by atoms with E-state index in [4.69, 9.17) is 0 Å². The van der Waals surface area contributed by atoms with Crippen LogP contribution in [-0.4, -0.2) is 13.7 Å². The third kappa shape index (κ3) is 3.05. The van der Waals surface area contributed by atoms with Crippen molar-refractivity contribution in [3.8, 4) is 5.75 Å². The number of ether oxygens (including phenoxy) is 1. The molecule has 1 heterocycles. The second-order valence-electron chi connectivity index (χ2n) is 3.68. The Balaban J connectivity index is 2.17. The largest absolute Gasteiger partial charge is 0.435 e. The summed E-state index contributed by atoms with van der Waals surface area (Å²) in [4.78, 5) is 1.18. The third-order valence-corrected chi connectivity index (χ3v) is 3.49. The van der Waals surface area contributed by atoms with E-state index in [0.717, 1.165) is 5.56 Å². The molecule has 0 radical (unpaired) electrons. The van der Waals surface area contributed by atoms with Gasteiger partial charge in [-0.3, -0.25) is 0 Å². The molecule has 0 amide bonds. The van der Waals surface area contributed by atoms with E-state index in [-0.39, 0.29) is 11.8 Å². The Morgan fingerprint density at radius 2 is 1.89 bits per heavy atom. The van der Waals surface area contributed by atoms with Crippen molar-refractivity contribution < 1.29 is 13.5 Å². The summed E-state index contributed by atoms with van der Waals surface area (Å²) in [7, 11) is 1.87. The van der Waals surface area contributed by atoms with Crippen LogP contribution in [0.25, 0.3) is 0 Å². The van der Waals surface area contributed by atoms with Crippen molar-refractivity contribution in [1.29, 1.82) is 0 Å². The van der Waals surface area contributed by atoms with Gasteiger partial charge in [-0.25, -0.2) is 0 Å². The smallest absolute Gasteiger partial charge is 0.387 e. The highest BCUT2D eigenvalue weighted by molar-refractivity contribution is 7.10. The van der Waals surface area contributed by atoms with E-state index >= 15 is 0 Å². The SMILES string of the molecule is CNC(c1ccc(OC(F)F)cc1)c1cccs1. The normalized spacial score (nSPS) is 12.7. The number of hydrogen-bond donors (Lipinski definition) is 1. The van der Waals surface area contributed by atoms with Crippen molar-refractivity contribution in [3.05, 3.63) is 52.2 Å². The molecule has 5 heteroatoms. The predicted octanol–water partition coefficient (Wildman–Crippen LogP) is 3.66. The standard InChI is InChI=1S/C13H13F2NOS/c1-16-12(11-3-2-8-18-11)9-4-6-10(7-5-9)17-13(14)15/h2-8,12-13,16H,1H3. The minimum absolute atomic E-state index is 0.0746. The van der Waals surface area contributed by atoms with Gasteiger partial charge in [0, 0.05) is 4.88 Å². The van der Waals surface area contributed by atoms with Gasteiger partial charge in [0.05, 0.1) is 6.04 Å². The van der Waals surface area contributed by atoms with Gasteiger partial charge in [-0.05, 0) is 36.2 Å². The lowest BCUT2D eigenvalue weighted by atomic mass is 10.1. The fourth-order valence-corrected chi connectivity index (χ4v) is 2.63. The van der Waals surface area contributed by atoms with E-state index in [2.05, 4.69) is 10.1 Å². The van der Waals surface area contributed by atoms with E-state index in [1.807, 2.05) is 24.6 Å². The first-order valence-corrected chi connectivity index (χ1v) is 6.34. The molecular formula is C13H13F2NOS. The first-order chi connectivity index (χ1) is 8.70. The molecule has 2 nitrogen and oxygen atoms in total. The van der Waals surface area contributed by atoms with E-state index in [1.54, 1.807) is 35.6 Å². The second-order valence-corrected chi connectivity index (χ2v) is 4.66. The molecule has 0 aliphatic carbocycles. The van der Waals surface area contributed by atoms with E-state index < -0.39 is 6.61 Å². The fraction of sp³-hybridized carbons (Fsp3) is 0.231. The first kappa shape index (κ1) is 13.0. The molecule has 0 aliphatic rings. The van der Waals surface area contributed by atoms with Crippen LogP contribution >= 0.6 is 11.3 Å². The van der Waals surface area contributed by atoms with Gasteiger partial charge in [-0.2, -0.15) is 8.78 Å². The Bertz CT molecular complexity index is 470. The average Bonchev–Trinajstić information content (AvgIpc) is 2.85. The van der Waals surface area contributed by atoms with E-state index in [0.29, 0.717) is 0 Å². The molecule has 0 spiro atoms. The summed E-state index contributed by atoms with van der Waals surface area (Å²) in [6.45, 7) is -2.78. The van der Waals surface area contributed by atoms with Gasteiger partial charge in [0.15, 0.2) is 0 Å². The minimum atomic E-state index is -2.78. The van der Waals surface area contributed by atoms with Crippen molar-refractivity contribution in [2.45, 2.75) is 12.7 Å². The Labute approximate surface area is 108 Å². The predicted molar refractivity (Wildman–Crippen MR) is 68.3 cm³/mol. The number of thiophene rings is 1. The molecule has 0 saturated carbocycles. The van der Waals surface area contributed by atoms with Crippen LogP contribution in [-0.2, 0) is 0 Å². The monoisotopic (exact) mass is 269 g/mol. The van der Waals surface area contributed by atoms with E-state index in [9.17, 15) is 8.78 Å². The molecule has 96 valence electrons. The lowest BCUT2D eigenvalue weighted by Gasteiger charge is -2.15. The highest BCUT2D eigenvalue weighted by Crippen LogP contribution is 2.27. The molecule has 0 saturated heterocycles.